The van der Waals surface area contributed by atoms with Crippen LogP contribution in [-0.4, -0.2) is 43.3 Å². The van der Waals surface area contributed by atoms with Crippen molar-refractivity contribution >= 4 is 0 Å². The van der Waals surface area contributed by atoms with Gasteiger partial charge in [0, 0.05) is 32.8 Å². The monoisotopic (exact) mass is 348 g/mol. The SMILES string of the molecule is [2H]c1c2c(c([2H])c(OC([2H])([2H])[2H])c1OC)C1CC(O)C(C([2H])([2H])C(C)(C([2H])([2H])[2H])C([2H])([2H])[2H])C([2H])([2H])N1CC2. The van der Waals surface area contributed by atoms with Gasteiger partial charge in [0.15, 0.2) is 11.5 Å². The van der Waals surface area contributed by atoms with E-state index in [1.165, 1.54) is 7.11 Å². The van der Waals surface area contributed by atoms with E-state index >= 15 is 0 Å². The molecule has 0 saturated carbocycles. The highest BCUT2D eigenvalue weighted by Gasteiger charge is 2.39. The lowest BCUT2D eigenvalue weighted by atomic mass is 9.75. The minimum atomic E-state index is -3.41. The number of hydrogen-bond acceptors (Lipinski definition) is 4. The van der Waals surface area contributed by atoms with Gasteiger partial charge in [0.05, 0.1) is 27.1 Å². The Morgan fingerprint density at radius 1 is 1.46 bits per heavy atom. The molecule has 134 valence electrons. The van der Waals surface area contributed by atoms with Crippen molar-refractivity contribution < 1.29 is 35.1 Å². The Morgan fingerprint density at radius 3 is 2.96 bits per heavy atom. The average molecular weight is 349 g/mol. The molecule has 24 heavy (non-hydrogen) atoms. The molecule has 0 radical (unpaired) electrons. The quantitative estimate of drug-likeness (QED) is 0.909. The molecule has 0 aromatic heterocycles. The van der Waals surface area contributed by atoms with Crippen molar-refractivity contribution in [1.29, 1.82) is 0 Å². The molecule has 4 nitrogen and oxygen atoms in total. The summed E-state index contributed by atoms with van der Waals surface area (Å²) in [5, 5.41) is 11.2. The largest absolute Gasteiger partial charge is 0.493 e. The first-order valence-corrected chi connectivity index (χ1v) is 7.70. The van der Waals surface area contributed by atoms with Crippen LogP contribution in [0.5, 0.6) is 11.5 Å². The van der Waals surface area contributed by atoms with Gasteiger partial charge in [-0.2, -0.15) is 0 Å². The molecule has 2 aliphatic rings. The molecule has 2 heterocycles. The number of aliphatic hydroxyl groups excluding tert-OH is 1. The molecule has 0 bridgehead atoms. The van der Waals surface area contributed by atoms with Crippen molar-refractivity contribution in [1.82, 2.24) is 4.90 Å². The molecule has 1 fully saturated rings. The fraction of sp³-hybridized carbons (Fsp3) is 0.700. The van der Waals surface area contributed by atoms with Gasteiger partial charge in [0.2, 0.25) is 0 Å². The molecular formula is C20H31NO3. The third kappa shape index (κ3) is 3.40. The molecule has 1 aromatic rings. The molecule has 1 aromatic carbocycles. The maximum Gasteiger partial charge on any atom is 0.161 e. The minimum absolute atomic E-state index is 0.0114. The molecule has 4 heteroatoms. The van der Waals surface area contributed by atoms with Crippen LogP contribution in [0.3, 0.4) is 0 Å². The predicted molar refractivity (Wildman–Crippen MR) is 95.7 cm³/mol. The lowest BCUT2D eigenvalue weighted by Gasteiger charge is -2.47. The van der Waals surface area contributed by atoms with E-state index in [-0.39, 0.29) is 35.9 Å². The van der Waals surface area contributed by atoms with Crippen LogP contribution in [0.4, 0.5) is 0 Å². The number of ether oxygens (including phenoxy) is 2. The van der Waals surface area contributed by atoms with Crippen LogP contribution in [0.2, 0.25) is 0 Å². The predicted octanol–water partition coefficient (Wildman–Crippen LogP) is 3.42. The van der Waals surface area contributed by atoms with Gasteiger partial charge in [-0.1, -0.05) is 20.6 Å². The third-order valence-electron chi connectivity index (χ3n) is 4.26. The Hall–Kier alpha value is -1.26. The second-order valence-electron chi connectivity index (χ2n) is 6.25. The third-order valence-corrected chi connectivity index (χ3v) is 4.26. The van der Waals surface area contributed by atoms with Crippen LogP contribution >= 0.6 is 0 Å². The number of nitrogens with zero attached hydrogens (tertiary/aromatic N) is 1. The molecule has 1 N–H and O–H groups in total. The van der Waals surface area contributed by atoms with Crippen molar-refractivity contribution in [2.75, 3.05) is 27.2 Å². The van der Waals surface area contributed by atoms with E-state index in [4.69, 9.17) is 30.0 Å². The topological polar surface area (TPSA) is 41.9 Å². The highest BCUT2D eigenvalue weighted by atomic mass is 16.5. The minimum Gasteiger partial charge on any atom is -0.493 e. The molecule has 3 rings (SSSR count). The van der Waals surface area contributed by atoms with E-state index in [0.29, 0.717) is 6.92 Å². The fourth-order valence-electron chi connectivity index (χ4n) is 3.23. The lowest BCUT2D eigenvalue weighted by Crippen LogP contribution is -2.48. The summed E-state index contributed by atoms with van der Waals surface area (Å²) in [6.45, 7) is -9.10. The maximum absolute atomic E-state index is 11.2. The highest BCUT2D eigenvalue weighted by Crippen LogP contribution is 2.44. The standard InChI is InChI=1S/C20H31NO3/c1-20(2,3)11-14-12-21-7-6-13-8-18(23-4)19(24-5)9-15(13)16(21)10-17(14)22/h8-9,14,16-17,22H,6-7,10-12H2,1-5H3/i1D3,2D3,5D3,8D,9D,11D2,12D2. The molecule has 1 saturated heterocycles. The first-order chi connectivity index (χ1) is 17.4. The van der Waals surface area contributed by atoms with E-state index in [9.17, 15) is 5.11 Å². The zero-order valence-electron chi connectivity index (χ0n) is 28.6. The van der Waals surface area contributed by atoms with Gasteiger partial charge in [-0.3, -0.25) is 4.90 Å². The molecule has 2 aliphatic heterocycles. The summed E-state index contributed by atoms with van der Waals surface area (Å²) in [6, 6.07) is -1.96. The van der Waals surface area contributed by atoms with Crippen molar-refractivity contribution in [2.24, 2.45) is 11.3 Å². The van der Waals surface area contributed by atoms with E-state index in [0.717, 1.165) is 4.90 Å². The number of benzene rings is 1. The summed E-state index contributed by atoms with van der Waals surface area (Å²) in [5.41, 5.74) is -2.85. The summed E-state index contributed by atoms with van der Waals surface area (Å²) < 4.78 is 132. The molecule has 0 spiro atoms. The number of hydrogen-bond donors (Lipinski definition) is 1. The summed E-state index contributed by atoms with van der Waals surface area (Å²) in [5.74, 6) is -3.02. The maximum atomic E-state index is 11.2. The van der Waals surface area contributed by atoms with Gasteiger partial charge in [-0.25, -0.2) is 0 Å². The molecule has 0 aliphatic carbocycles. The van der Waals surface area contributed by atoms with Crippen LogP contribution in [0.1, 0.15) is 71.2 Å². The van der Waals surface area contributed by atoms with Gasteiger partial charge in [-0.15, -0.1) is 0 Å². The van der Waals surface area contributed by atoms with Crippen molar-refractivity contribution in [3.8, 4) is 11.5 Å². The fourth-order valence-corrected chi connectivity index (χ4v) is 3.23. The second-order valence-corrected chi connectivity index (χ2v) is 6.25. The number of rotatable bonds is 3. The Bertz CT molecular complexity index is 1100. The first-order valence-electron chi connectivity index (χ1n) is 15.2. The van der Waals surface area contributed by atoms with Crippen molar-refractivity contribution in [3.05, 3.63) is 23.2 Å². The summed E-state index contributed by atoms with van der Waals surface area (Å²) >= 11 is 0. The molecule has 0 amide bonds. The zero-order valence-corrected chi connectivity index (χ0v) is 13.6. The number of aliphatic hydroxyl groups is 1. The van der Waals surface area contributed by atoms with Crippen molar-refractivity contribution in [2.45, 2.75) is 52.0 Å². The van der Waals surface area contributed by atoms with Crippen LogP contribution in [0, 0.1) is 11.3 Å². The van der Waals surface area contributed by atoms with E-state index in [1.54, 1.807) is 0 Å². The Morgan fingerprint density at radius 2 is 2.25 bits per heavy atom. The average Bonchev–Trinajstić information content (AvgIpc) is 2.73. The smallest absolute Gasteiger partial charge is 0.161 e. The molecule has 3 unspecified atom stereocenters. The second kappa shape index (κ2) is 6.57. The number of piperidine rings is 1. The van der Waals surface area contributed by atoms with Gasteiger partial charge in [-0.05, 0) is 53.8 Å². The van der Waals surface area contributed by atoms with Crippen LogP contribution < -0.4 is 9.47 Å². The summed E-state index contributed by atoms with van der Waals surface area (Å²) in [6.07, 6.45) is -5.73. The van der Waals surface area contributed by atoms with E-state index in [1.807, 2.05) is 0 Å². The van der Waals surface area contributed by atoms with Crippen LogP contribution in [-0.2, 0) is 6.42 Å². The zero-order chi connectivity index (χ0) is 30.3. The van der Waals surface area contributed by atoms with Crippen LogP contribution in [0.15, 0.2) is 12.1 Å². The van der Waals surface area contributed by atoms with Gasteiger partial charge in [0.1, 0.15) is 0 Å². The molecule has 3 atom stereocenters. The molecular weight excluding hydrogens is 302 g/mol. The lowest BCUT2D eigenvalue weighted by molar-refractivity contribution is -0.0259. The van der Waals surface area contributed by atoms with E-state index in [2.05, 4.69) is 0 Å². The highest BCUT2D eigenvalue weighted by molar-refractivity contribution is 5.49. The summed E-state index contributed by atoms with van der Waals surface area (Å²) in [7, 11) is -1.85. The number of methoxy groups -OCH3 is 2. The summed E-state index contributed by atoms with van der Waals surface area (Å²) in [4.78, 5) is 1.10. The Kier molecular flexibility index (Phi) is 1.86. The first kappa shape index (κ1) is 6.81. The van der Waals surface area contributed by atoms with Gasteiger partial charge in [0.25, 0.3) is 0 Å². The normalized spacial score (nSPS) is 40.8. The van der Waals surface area contributed by atoms with Crippen molar-refractivity contribution in [3.63, 3.8) is 0 Å². The van der Waals surface area contributed by atoms with Gasteiger partial charge < -0.3 is 14.6 Å². The van der Waals surface area contributed by atoms with Crippen LogP contribution in [0.25, 0.3) is 0 Å². The number of fused-ring (bicyclic) bond motifs is 3. The van der Waals surface area contributed by atoms with Gasteiger partial charge >= 0.3 is 0 Å². The van der Waals surface area contributed by atoms with E-state index < -0.39 is 75.3 Å². The Balaban J connectivity index is 2.21. The Labute approximate surface area is 166 Å².